The minimum atomic E-state index is -0.250. The predicted octanol–water partition coefficient (Wildman–Crippen LogP) is 3.24. The molecule has 7 nitrogen and oxygen atoms in total. The van der Waals surface area contributed by atoms with Crippen LogP contribution in [0, 0.1) is 20.8 Å². The van der Waals surface area contributed by atoms with Crippen LogP contribution in [0.1, 0.15) is 27.4 Å². The highest BCUT2D eigenvalue weighted by Crippen LogP contribution is 2.22. The van der Waals surface area contributed by atoms with Crippen molar-refractivity contribution in [2.75, 3.05) is 17.6 Å². The first-order chi connectivity index (χ1) is 14.3. The molecule has 3 aromatic rings. The van der Waals surface area contributed by atoms with Gasteiger partial charge in [-0.25, -0.2) is 0 Å². The second kappa shape index (κ2) is 9.90. The summed E-state index contributed by atoms with van der Waals surface area (Å²) < 4.78 is 1.90. The molecule has 0 aliphatic heterocycles. The van der Waals surface area contributed by atoms with E-state index in [2.05, 4.69) is 26.9 Å². The van der Waals surface area contributed by atoms with Crippen LogP contribution < -0.4 is 10.6 Å². The molecule has 158 valence electrons. The Kier molecular flexibility index (Phi) is 7.28. The van der Waals surface area contributed by atoms with Gasteiger partial charge in [-0.3, -0.25) is 9.59 Å². The molecule has 0 bridgehead atoms. The monoisotopic (exact) mass is 443 g/mol. The number of carbonyl (C=O) groups is 2. The molecule has 30 heavy (non-hydrogen) atoms. The van der Waals surface area contributed by atoms with Crippen LogP contribution in [0.5, 0.6) is 0 Å². The van der Waals surface area contributed by atoms with Crippen molar-refractivity contribution in [2.45, 2.75) is 32.3 Å². The van der Waals surface area contributed by atoms with Crippen molar-refractivity contribution < 1.29 is 9.59 Å². The van der Waals surface area contributed by atoms with E-state index in [0.717, 1.165) is 28.2 Å². The summed E-state index contributed by atoms with van der Waals surface area (Å²) in [6.45, 7) is 5.86. The predicted molar refractivity (Wildman–Crippen MR) is 121 cm³/mol. The minimum absolute atomic E-state index is 0.0748. The molecular formula is C21H25N5O2S2. The van der Waals surface area contributed by atoms with E-state index < -0.39 is 0 Å². The van der Waals surface area contributed by atoms with Crippen LogP contribution in [-0.4, -0.2) is 38.9 Å². The lowest BCUT2D eigenvalue weighted by atomic mass is 10.1. The third-order valence-electron chi connectivity index (χ3n) is 4.56. The molecule has 2 heterocycles. The average Bonchev–Trinajstić information content (AvgIpc) is 3.32. The van der Waals surface area contributed by atoms with E-state index in [1.165, 1.54) is 16.6 Å². The molecule has 9 heteroatoms. The highest BCUT2D eigenvalue weighted by molar-refractivity contribution is 7.99. The van der Waals surface area contributed by atoms with Crippen molar-refractivity contribution in [2.24, 2.45) is 7.05 Å². The van der Waals surface area contributed by atoms with Gasteiger partial charge in [0.2, 0.25) is 11.8 Å². The zero-order valence-corrected chi connectivity index (χ0v) is 19.1. The number of rotatable bonds is 8. The zero-order valence-electron chi connectivity index (χ0n) is 17.5. The maximum absolute atomic E-state index is 12.2. The topological polar surface area (TPSA) is 88.9 Å². The first kappa shape index (κ1) is 22.0. The summed E-state index contributed by atoms with van der Waals surface area (Å²) >= 11 is 2.98. The smallest absolute Gasteiger partial charge is 0.243 e. The third-order valence-corrected chi connectivity index (χ3v) is 6.45. The molecule has 2 amide bonds. The Morgan fingerprint density at radius 1 is 1.13 bits per heavy atom. The molecular weight excluding hydrogens is 418 g/mol. The standard InChI is InChI=1S/C21H25N5O2S2/c1-13-8-14(2)20(15(3)9-13)23-18(27)11-22-19(28)12-30-21-25-24-17(26(21)4)10-16-6-5-7-29-16/h5-9H,10-12H2,1-4H3,(H,22,28)(H,23,27). The van der Waals surface area contributed by atoms with Gasteiger partial charge >= 0.3 is 0 Å². The molecule has 2 N–H and O–H groups in total. The minimum Gasteiger partial charge on any atom is -0.346 e. The number of nitrogens with zero attached hydrogens (tertiary/aromatic N) is 3. The summed E-state index contributed by atoms with van der Waals surface area (Å²) in [5.74, 6) is 0.542. The van der Waals surface area contributed by atoms with Crippen LogP contribution in [-0.2, 0) is 23.1 Å². The second-order valence-corrected chi connectivity index (χ2v) is 9.08. The average molecular weight is 444 g/mol. The van der Waals surface area contributed by atoms with E-state index in [-0.39, 0.29) is 24.1 Å². The number of benzene rings is 1. The van der Waals surface area contributed by atoms with Crippen LogP contribution in [0.3, 0.4) is 0 Å². The number of thioether (sulfide) groups is 1. The number of nitrogens with one attached hydrogen (secondary N) is 2. The molecule has 0 atom stereocenters. The van der Waals surface area contributed by atoms with Crippen LogP contribution in [0.15, 0.2) is 34.8 Å². The summed E-state index contributed by atoms with van der Waals surface area (Å²) in [5, 5.41) is 16.6. The Morgan fingerprint density at radius 2 is 1.87 bits per heavy atom. The summed E-state index contributed by atoms with van der Waals surface area (Å²) in [6.07, 6.45) is 0.714. The number of amides is 2. The van der Waals surface area contributed by atoms with Gasteiger partial charge in [0.05, 0.1) is 12.3 Å². The molecule has 0 spiro atoms. The quantitative estimate of drug-likeness (QED) is 0.522. The molecule has 0 unspecified atom stereocenters. The van der Waals surface area contributed by atoms with Crippen molar-refractivity contribution >= 4 is 40.6 Å². The Bertz CT molecular complexity index is 1020. The lowest BCUT2D eigenvalue weighted by Crippen LogP contribution is -2.34. The number of anilines is 1. The van der Waals surface area contributed by atoms with Crippen molar-refractivity contribution in [3.05, 3.63) is 57.0 Å². The van der Waals surface area contributed by atoms with Gasteiger partial charge in [-0.05, 0) is 43.3 Å². The van der Waals surface area contributed by atoms with E-state index in [0.29, 0.717) is 11.6 Å². The number of aryl methyl sites for hydroxylation is 3. The number of hydrogen-bond acceptors (Lipinski definition) is 6. The fourth-order valence-corrected chi connectivity index (χ4v) is 4.58. The molecule has 1 aromatic carbocycles. The highest BCUT2D eigenvalue weighted by Gasteiger charge is 2.14. The summed E-state index contributed by atoms with van der Waals surface area (Å²) in [5.41, 5.74) is 3.95. The Hall–Kier alpha value is -2.65. The highest BCUT2D eigenvalue weighted by atomic mass is 32.2. The summed E-state index contributed by atoms with van der Waals surface area (Å²) in [7, 11) is 1.89. The Morgan fingerprint density at radius 3 is 2.53 bits per heavy atom. The second-order valence-electron chi connectivity index (χ2n) is 7.10. The van der Waals surface area contributed by atoms with Gasteiger partial charge in [-0.1, -0.05) is 35.5 Å². The van der Waals surface area contributed by atoms with Crippen molar-refractivity contribution in [1.82, 2.24) is 20.1 Å². The largest absolute Gasteiger partial charge is 0.346 e. The fraction of sp³-hybridized carbons (Fsp3) is 0.333. The number of thiophene rings is 1. The van der Waals surface area contributed by atoms with Crippen LogP contribution >= 0.6 is 23.1 Å². The normalized spacial score (nSPS) is 10.8. The van der Waals surface area contributed by atoms with Crippen LogP contribution in [0.2, 0.25) is 0 Å². The molecule has 0 saturated carbocycles. The SMILES string of the molecule is Cc1cc(C)c(NC(=O)CNC(=O)CSc2nnc(Cc3cccs3)n2C)c(C)c1. The Labute approximate surface area is 184 Å². The van der Waals surface area contributed by atoms with Crippen molar-refractivity contribution in [1.29, 1.82) is 0 Å². The van der Waals surface area contributed by atoms with Gasteiger partial charge in [0.25, 0.3) is 0 Å². The molecule has 0 radical (unpaired) electrons. The molecule has 0 aliphatic rings. The lowest BCUT2D eigenvalue weighted by molar-refractivity contribution is -0.122. The van der Waals surface area contributed by atoms with Gasteiger partial charge in [-0.2, -0.15) is 0 Å². The van der Waals surface area contributed by atoms with E-state index in [9.17, 15) is 9.59 Å². The van der Waals surface area contributed by atoms with Gasteiger partial charge in [0, 0.05) is 24.0 Å². The first-order valence-electron chi connectivity index (χ1n) is 9.51. The number of aromatic nitrogens is 3. The fourth-order valence-electron chi connectivity index (χ4n) is 3.11. The van der Waals surface area contributed by atoms with E-state index in [1.807, 2.05) is 56.0 Å². The maximum atomic E-state index is 12.2. The number of carbonyl (C=O) groups excluding carboxylic acids is 2. The lowest BCUT2D eigenvalue weighted by Gasteiger charge is -2.13. The van der Waals surface area contributed by atoms with E-state index in [4.69, 9.17) is 0 Å². The van der Waals surface area contributed by atoms with Crippen LogP contribution in [0.4, 0.5) is 5.69 Å². The summed E-state index contributed by atoms with van der Waals surface area (Å²) in [4.78, 5) is 25.6. The molecule has 0 fully saturated rings. The third kappa shape index (κ3) is 5.70. The van der Waals surface area contributed by atoms with Crippen molar-refractivity contribution in [3.63, 3.8) is 0 Å². The zero-order chi connectivity index (χ0) is 21.7. The van der Waals surface area contributed by atoms with Gasteiger partial charge in [-0.15, -0.1) is 21.5 Å². The molecule has 0 saturated heterocycles. The van der Waals surface area contributed by atoms with Crippen LogP contribution in [0.25, 0.3) is 0 Å². The van der Waals surface area contributed by atoms with Crippen molar-refractivity contribution in [3.8, 4) is 0 Å². The molecule has 2 aromatic heterocycles. The maximum Gasteiger partial charge on any atom is 0.243 e. The first-order valence-corrected chi connectivity index (χ1v) is 11.4. The van der Waals surface area contributed by atoms with E-state index >= 15 is 0 Å². The molecule has 3 rings (SSSR count). The number of hydrogen-bond donors (Lipinski definition) is 2. The van der Waals surface area contributed by atoms with Gasteiger partial charge in [0.15, 0.2) is 5.16 Å². The summed E-state index contributed by atoms with van der Waals surface area (Å²) in [6, 6.07) is 8.11. The van der Waals surface area contributed by atoms with E-state index in [1.54, 1.807) is 11.3 Å². The van der Waals surface area contributed by atoms with Gasteiger partial charge < -0.3 is 15.2 Å². The molecule has 0 aliphatic carbocycles. The Balaban J connectivity index is 1.46. The van der Waals surface area contributed by atoms with Gasteiger partial charge in [0.1, 0.15) is 5.82 Å².